The average molecular weight is 352 g/mol. The predicted octanol–water partition coefficient (Wildman–Crippen LogP) is 2.81. The molecular weight excluding hydrogens is 338 g/mol. The van der Waals surface area contributed by atoms with Crippen LogP contribution in [0.2, 0.25) is 5.02 Å². The minimum Gasteiger partial charge on any atom is -0.495 e. The van der Waals surface area contributed by atoms with E-state index in [0.29, 0.717) is 16.5 Å². The van der Waals surface area contributed by atoms with Gasteiger partial charge in [-0.05, 0) is 42.1 Å². The maximum atomic E-state index is 11.8. The molecule has 2 aromatic rings. The van der Waals surface area contributed by atoms with Gasteiger partial charge in [0.2, 0.25) is 0 Å². The van der Waals surface area contributed by atoms with Crippen LogP contribution >= 0.6 is 22.9 Å². The van der Waals surface area contributed by atoms with Gasteiger partial charge in [0.05, 0.1) is 18.3 Å². The van der Waals surface area contributed by atoms with Crippen LogP contribution in [0.3, 0.4) is 0 Å². The van der Waals surface area contributed by atoms with E-state index in [9.17, 15) is 9.59 Å². The zero-order chi connectivity index (χ0) is 16.8. The van der Waals surface area contributed by atoms with Crippen LogP contribution < -0.4 is 15.5 Å². The van der Waals surface area contributed by atoms with Crippen LogP contribution in [0.4, 0.5) is 5.69 Å². The minimum absolute atomic E-state index is 0.330. The molecule has 0 fully saturated rings. The zero-order valence-electron chi connectivity index (χ0n) is 12.4. The van der Waals surface area contributed by atoms with E-state index >= 15 is 0 Å². The van der Waals surface area contributed by atoms with Crippen molar-refractivity contribution in [2.75, 3.05) is 12.4 Å². The van der Waals surface area contributed by atoms with Gasteiger partial charge in [-0.25, -0.2) is 5.43 Å². The van der Waals surface area contributed by atoms with Crippen LogP contribution in [0.15, 0.2) is 34.7 Å². The molecule has 120 valence electrons. The molecule has 0 radical (unpaired) electrons. The standard InChI is InChI=1S/C15H14ClN3O3S/c1-9-5-6-23-13(9)8-17-19-15(21)14(20)18-10-3-4-12(22-2)11(16)7-10/h3-8H,1-2H3,(H,18,20)(H,19,21)/b17-8-. The summed E-state index contributed by atoms with van der Waals surface area (Å²) in [6.07, 6.45) is 1.50. The number of benzene rings is 1. The van der Waals surface area contributed by atoms with Crippen LogP contribution in [0.1, 0.15) is 10.4 Å². The third-order valence-corrected chi connectivity index (χ3v) is 4.11. The van der Waals surface area contributed by atoms with E-state index in [0.717, 1.165) is 10.4 Å². The second kappa shape index (κ2) is 7.75. The Labute approximate surface area is 142 Å². The number of carbonyl (C=O) groups is 2. The van der Waals surface area contributed by atoms with Crippen LogP contribution in [0.25, 0.3) is 0 Å². The Morgan fingerprint density at radius 1 is 1.30 bits per heavy atom. The molecule has 1 aromatic heterocycles. The number of carbonyl (C=O) groups excluding carboxylic acids is 2. The zero-order valence-corrected chi connectivity index (χ0v) is 14.0. The molecule has 0 spiro atoms. The van der Waals surface area contributed by atoms with Gasteiger partial charge in [-0.15, -0.1) is 11.3 Å². The third-order valence-electron chi connectivity index (χ3n) is 2.87. The Hall–Kier alpha value is -2.38. The second-order valence-corrected chi connectivity index (χ2v) is 5.83. The average Bonchev–Trinajstić information content (AvgIpc) is 2.92. The van der Waals surface area contributed by atoms with Gasteiger partial charge in [0.1, 0.15) is 5.75 Å². The van der Waals surface area contributed by atoms with E-state index in [1.54, 1.807) is 12.1 Å². The molecule has 2 rings (SSSR count). The maximum Gasteiger partial charge on any atom is 0.329 e. The van der Waals surface area contributed by atoms with E-state index in [1.807, 2.05) is 18.4 Å². The van der Waals surface area contributed by atoms with E-state index in [1.165, 1.54) is 30.7 Å². The first kappa shape index (κ1) is 17.0. The van der Waals surface area contributed by atoms with Crippen molar-refractivity contribution < 1.29 is 14.3 Å². The highest BCUT2D eigenvalue weighted by Gasteiger charge is 2.13. The summed E-state index contributed by atoms with van der Waals surface area (Å²) in [7, 11) is 1.49. The van der Waals surface area contributed by atoms with Crippen LogP contribution in [0, 0.1) is 6.92 Å². The summed E-state index contributed by atoms with van der Waals surface area (Å²) >= 11 is 7.44. The van der Waals surface area contributed by atoms with E-state index < -0.39 is 11.8 Å². The SMILES string of the molecule is COc1ccc(NC(=O)C(=O)N/N=C\c2sccc2C)cc1Cl. The Morgan fingerprint density at radius 2 is 2.09 bits per heavy atom. The Balaban J connectivity index is 1.92. The summed E-state index contributed by atoms with van der Waals surface area (Å²) in [6.45, 7) is 1.93. The largest absolute Gasteiger partial charge is 0.495 e. The van der Waals surface area contributed by atoms with Crippen LogP contribution in [-0.2, 0) is 9.59 Å². The molecule has 0 aliphatic heterocycles. The summed E-state index contributed by atoms with van der Waals surface area (Å²) in [4.78, 5) is 24.4. The Bertz CT molecular complexity index is 758. The molecule has 2 amide bonds. The highest BCUT2D eigenvalue weighted by molar-refractivity contribution is 7.11. The third kappa shape index (κ3) is 4.54. The number of thiophene rings is 1. The number of amides is 2. The summed E-state index contributed by atoms with van der Waals surface area (Å²) in [5.41, 5.74) is 3.60. The van der Waals surface area contributed by atoms with Crippen molar-refractivity contribution in [1.82, 2.24) is 5.43 Å². The van der Waals surface area contributed by atoms with Crippen LogP contribution in [0.5, 0.6) is 5.75 Å². The summed E-state index contributed by atoms with van der Waals surface area (Å²) in [6, 6.07) is 6.60. The fourth-order valence-electron chi connectivity index (χ4n) is 1.65. The molecule has 1 heterocycles. The maximum absolute atomic E-state index is 11.8. The number of hydrazone groups is 1. The number of aryl methyl sites for hydroxylation is 1. The molecule has 0 saturated carbocycles. The first-order chi connectivity index (χ1) is 11.0. The number of hydrogen-bond donors (Lipinski definition) is 2. The quantitative estimate of drug-likeness (QED) is 0.505. The summed E-state index contributed by atoms with van der Waals surface area (Å²) in [5.74, 6) is -1.24. The molecule has 0 aliphatic carbocycles. The highest BCUT2D eigenvalue weighted by atomic mass is 35.5. The van der Waals surface area contributed by atoms with Gasteiger partial charge in [0, 0.05) is 10.6 Å². The number of anilines is 1. The molecule has 23 heavy (non-hydrogen) atoms. The van der Waals surface area contributed by atoms with Crippen LogP contribution in [-0.4, -0.2) is 25.1 Å². The van der Waals surface area contributed by atoms with Crippen molar-refractivity contribution in [2.24, 2.45) is 5.10 Å². The lowest BCUT2D eigenvalue weighted by molar-refractivity contribution is -0.136. The summed E-state index contributed by atoms with van der Waals surface area (Å²) in [5, 5.41) is 8.43. The number of methoxy groups -OCH3 is 1. The van der Waals surface area contributed by atoms with Crippen molar-refractivity contribution >= 4 is 46.7 Å². The molecule has 6 nitrogen and oxygen atoms in total. The first-order valence-electron chi connectivity index (χ1n) is 6.53. The highest BCUT2D eigenvalue weighted by Crippen LogP contribution is 2.27. The molecule has 8 heteroatoms. The molecule has 0 saturated heterocycles. The first-order valence-corrected chi connectivity index (χ1v) is 7.79. The van der Waals surface area contributed by atoms with Crippen molar-refractivity contribution in [3.05, 3.63) is 45.1 Å². The van der Waals surface area contributed by atoms with Gasteiger partial charge in [0.25, 0.3) is 0 Å². The normalized spacial score (nSPS) is 10.6. The number of rotatable bonds is 4. The van der Waals surface area contributed by atoms with Gasteiger partial charge >= 0.3 is 11.8 Å². The molecular formula is C15H14ClN3O3S. The van der Waals surface area contributed by atoms with Gasteiger partial charge in [-0.2, -0.15) is 5.10 Å². The monoisotopic (exact) mass is 351 g/mol. The molecule has 1 aromatic carbocycles. The van der Waals surface area contributed by atoms with Crippen molar-refractivity contribution in [2.45, 2.75) is 6.92 Å². The smallest absolute Gasteiger partial charge is 0.329 e. The van der Waals surface area contributed by atoms with E-state index in [4.69, 9.17) is 16.3 Å². The predicted molar refractivity (Wildman–Crippen MR) is 91.4 cm³/mol. The lowest BCUT2D eigenvalue weighted by Gasteiger charge is -2.07. The Kier molecular flexibility index (Phi) is 5.72. The number of hydrogen-bond acceptors (Lipinski definition) is 5. The lowest BCUT2D eigenvalue weighted by Crippen LogP contribution is -2.32. The van der Waals surface area contributed by atoms with Crippen molar-refractivity contribution in [1.29, 1.82) is 0 Å². The summed E-state index contributed by atoms with van der Waals surface area (Å²) < 4.78 is 5.01. The number of halogens is 1. The van der Waals surface area contributed by atoms with Gasteiger partial charge in [-0.3, -0.25) is 9.59 Å². The fraction of sp³-hybridized carbons (Fsp3) is 0.133. The number of ether oxygens (including phenoxy) is 1. The number of nitrogens with zero attached hydrogens (tertiary/aromatic N) is 1. The Morgan fingerprint density at radius 3 is 2.70 bits per heavy atom. The number of nitrogens with one attached hydrogen (secondary N) is 2. The van der Waals surface area contributed by atoms with Crippen molar-refractivity contribution in [3.8, 4) is 5.75 Å². The second-order valence-electron chi connectivity index (χ2n) is 4.47. The molecule has 0 atom stereocenters. The lowest BCUT2D eigenvalue weighted by atomic mass is 10.3. The minimum atomic E-state index is -0.873. The molecule has 2 N–H and O–H groups in total. The van der Waals surface area contributed by atoms with Crippen molar-refractivity contribution in [3.63, 3.8) is 0 Å². The molecule has 0 aliphatic rings. The fourth-order valence-corrected chi connectivity index (χ4v) is 2.69. The van der Waals surface area contributed by atoms with Gasteiger partial charge in [-0.1, -0.05) is 11.6 Å². The van der Waals surface area contributed by atoms with E-state index in [-0.39, 0.29) is 0 Å². The molecule has 0 bridgehead atoms. The van der Waals surface area contributed by atoms with Gasteiger partial charge < -0.3 is 10.1 Å². The van der Waals surface area contributed by atoms with Gasteiger partial charge in [0.15, 0.2) is 0 Å². The van der Waals surface area contributed by atoms with E-state index in [2.05, 4.69) is 15.8 Å². The molecule has 0 unspecified atom stereocenters. The topological polar surface area (TPSA) is 79.8 Å².